The third kappa shape index (κ3) is 2.16. The molecule has 0 saturated heterocycles. The number of aromatic nitrogens is 2. The molecule has 0 fully saturated rings. The molecule has 0 atom stereocenters. The van der Waals surface area contributed by atoms with Gasteiger partial charge in [-0.3, -0.25) is 9.36 Å². The summed E-state index contributed by atoms with van der Waals surface area (Å²) < 4.78 is 11.6. The second-order valence-corrected chi connectivity index (χ2v) is 3.92. The molecule has 100 valence electrons. The molecule has 0 radical (unpaired) electrons. The normalized spacial score (nSPS) is 10.6. The molecule has 2 heterocycles. The van der Waals surface area contributed by atoms with Gasteiger partial charge in [0.05, 0.1) is 6.61 Å². The predicted molar refractivity (Wildman–Crippen MR) is 69.2 cm³/mol. The van der Waals surface area contributed by atoms with E-state index in [-0.39, 0.29) is 28.8 Å². The first-order valence-electron chi connectivity index (χ1n) is 5.86. The van der Waals surface area contributed by atoms with Gasteiger partial charge in [-0.25, -0.2) is 9.78 Å². The Morgan fingerprint density at radius 2 is 2.37 bits per heavy atom. The fourth-order valence-corrected chi connectivity index (χ4v) is 1.86. The molecule has 2 aromatic rings. The van der Waals surface area contributed by atoms with Gasteiger partial charge in [0.15, 0.2) is 0 Å². The van der Waals surface area contributed by atoms with Crippen LogP contribution in [0, 0.1) is 6.92 Å². The minimum Gasteiger partial charge on any atom is -0.462 e. The topological polar surface area (TPSA) is 74.3 Å². The standard InChI is InChI=1S/C13H14N2O4/c1-4-6-15-7-14-11-10(12(15)16)9(8(3)19-11)13(17)18-5-2/h4,7H,1,5-6H2,2-3H3. The first kappa shape index (κ1) is 13.1. The molecule has 0 N–H and O–H groups in total. The summed E-state index contributed by atoms with van der Waals surface area (Å²) in [4.78, 5) is 28.2. The minimum absolute atomic E-state index is 0.144. The Hall–Kier alpha value is -2.37. The van der Waals surface area contributed by atoms with E-state index >= 15 is 0 Å². The second-order valence-electron chi connectivity index (χ2n) is 3.92. The Kier molecular flexibility index (Phi) is 3.50. The van der Waals surface area contributed by atoms with Crippen molar-refractivity contribution >= 4 is 17.1 Å². The number of ether oxygens (including phenoxy) is 1. The molecule has 2 rings (SSSR count). The van der Waals surface area contributed by atoms with Gasteiger partial charge in [-0.05, 0) is 13.8 Å². The highest BCUT2D eigenvalue weighted by Gasteiger charge is 2.23. The number of fused-ring (bicyclic) bond motifs is 1. The van der Waals surface area contributed by atoms with Crippen molar-refractivity contribution in [1.82, 2.24) is 9.55 Å². The van der Waals surface area contributed by atoms with Gasteiger partial charge < -0.3 is 9.15 Å². The second kappa shape index (κ2) is 5.09. The number of aryl methyl sites for hydroxylation is 1. The van der Waals surface area contributed by atoms with Gasteiger partial charge in [-0.1, -0.05) is 6.08 Å². The van der Waals surface area contributed by atoms with Crippen molar-refractivity contribution in [2.75, 3.05) is 6.61 Å². The van der Waals surface area contributed by atoms with Crippen LogP contribution < -0.4 is 5.56 Å². The Morgan fingerprint density at radius 1 is 1.63 bits per heavy atom. The van der Waals surface area contributed by atoms with Gasteiger partial charge in [0.1, 0.15) is 23.0 Å². The van der Waals surface area contributed by atoms with Crippen molar-refractivity contribution in [3.05, 3.63) is 40.7 Å². The lowest BCUT2D eigenvalue weighted by Gasteiger charge is -2.02. The monoisotopic (exact) mass is 262 g/mol. The zero-order chi connectivity index (χ0) is 14.0. The third-order valence-electron chi connectivity index (χ3n) is 2.66. The number of rotatable bonds is 4. The third-order valence-corrected chi connectivity index (χ3v) is 2.66. The Morgan fingerprint density at radius 3 is 3.00 bits per heavy atom. The Labute approximate surface area is 109 Å². The average molecular weight is 262 g/mol. The first-order chi connectivity index (χ1) is 9.10. The number of nitrogens with zero attached hydrogens (tertiary/aromatic N) is 2. The summed E-state index contributed by atoms with van der Waals surface area (Å²) in [5.74, 6) is -0.247. The van der Waals surface area contributed by atoms with Gasteiger partial charge in [0.25, 0.3) is 5.56 Å². The molecule has 0 amide bonds. The summed E-state index contributed by atoms with van der Waals surface area (Å²) in [7, 11) is 0. The number of hydrogen-bond donors (Lipinski definition) is 0. The summed E-state index contributed by atoms with van der Waals surface area (Å²) >= 11 is 0. The van der Waals surface area contributed by atoms with Crippen LogP contribution in [0.5, 0.6) is 0 Å². The number of hydrogen-bond acceptors (Lipinski definition) is 5. The van der Waals surface area contributed by atoms with Crippen molar-refractivity contribution in [2.45, 2.75) is 20.4 Å². The van der Waals surface area contributed by atoms with Crippen molar-refractivity contribution in [1.29, 1.82) is 0 Å². The molecular formula is C13H14N2O4. The van der Waals surface area contributed by atoms with Crippen LogP contribution in [0.25, 0.3) is 11.1 Å². The van der Waals surface area contributed by atoms with Crippen molar-refractivity contribution < 1.29 is 13.9 Å². The maximum atomic E-state index is 12.3. The van der Waals surface area contributed by atoms with Gasteiger partial charge in [0, 0.05) is 6.54 Å². The maximum absolute atomic E-state index is 12.3. The van der Waals surface area contributed by atoms with Crippen LogP contribution in [-0.4, -0.2) is 22.1 Å². The largest absolute Gasteiger partial charge is 0.462 e. The van der Waals surface area contributed by atoms with Crippen LogP contribution in [0.15, 0.2) is 28.2 Å². The van der Waals surface area contributed by atoms with Crippen LogP contribution in [0.3, 0.4) is 0 Å². The number of allylic oxidation sites excluding steroid dienone is 1. The molecule has 0 aliphatic carbocycles. The molecule has 19 heavy (non-hydrogen) atoms. The first-order valence-corrected chi connectivity index (χ1v) is 5.86. The number of carbonyl (C=O) groups is 1. The summed E-state index contributed by atoms with van der Waals surface area (Å²) in [6.45, 7) is 7.41. The van der Waals surface area contributed by atoms with E-state index in [2.05, 4.69) is 11.6 Å². The molecule has 0 aliphatic rings. The maximum Gasteiger partial charge on any atom is 0.342 e. The predicted octanol–water partition coefficient (Wildman–Crippen LogP) is 1.66. The van der Waals surface area contributed by atoms with E-state index in [0.717, 1.165) is 0 Å². The van der Waals surface area contributed by atoms with Crippen LogP contribution >= 0.6 is 0 Å². The van der Waals surface area contributed by atoms with Gasteiger partial charge in [0.2, 0.25) is 5.71 Å². The van der Waals surface area contributed by atoms with E-state index in [4.69, 9.17) is 9.15 Å². The summed E-state index contributed by atoms with van der Waals surface area (Å²) in [6, 6.07) is 0. The fourth-order valence-electron chi connectivity index (χ4n) is 1.86. The van der Waals surface area contributed by atoms with Crippen LogP contribution in [-0.2, 0) is 11.3 Å². The minimum atomic E-state index is -0.575. The van der Waals surface area contributed by atoms with Crippen molar-refractivity contribution in [2.24, 2.45) is 0 Å². The van der Waals surface area contributed by atoms with E-state index in [1.165, 1.54) is 10.9 Å². The smallest absolute Gasteiger partial charge is 0.342 e. The van der Waals surface area contributed by atoms with E-state index in [1.54, 1.807) is 19.9 Å². The molecule has 0 unspecified atom stereocenters. The van der Waals surface area contributed by atoms with Crippen LogP contribution in [0.1, 0.15) is 23.0 Å². The lowest BCUT2D eigenvalue weighted by atomic mass is 10.2. The molecule has 6 heteroatoms. The average Bonchev–Trinajstić information content (AvgIpc) is 2.70. The lowest BCUT2D eigenvalue weighted by Crippen LogP contribution is -2.21. The molecule has 0 bridgehead atoms. The molecule has 0 saturated carbocycles. The molecule has 2 aromatic heterocycles. The Bertz CT molecular complexity index is 696. The van der Waals surface area contributed by atoms with Gasteiger partial charge in [-0.2, -0.15) is 0 Å². The van der Waals surface area contributed by atoms with Crippen LogP contribution in [0.4, 0.5) is 0 Å². The molecule has 6 nitrogen and oxygen atoms in total. The van der Waals surface area contributed by atoms with Crippen molar-refractivity contribution in [3.63, 3.8) is 0 Å². The lowest BCUT2D eigenvalue weighted by molar-refractivity contribution is 0.0526. The summed E-state index contributed by atoms with van der Waals surface area (Å²) in [6.07, 6.45) is 2.94. The van der Waals surface area contributed by atoms with E-state index < -0.39 is 5.97 Å². The molecular weight excluding hydrogens is 248 g/mol. The molecule has 0 aliphatic heterocycles. The number of furan rings is 1. The van der Waals surface area contributed by atoms with Gasteiger partial charge in [-0.15, -0.1) is 6.58 Å². The van der Waals surface area contributed by atoms with Gasteiger partial charge >= 0.3 is 5.97 Å². The zero-order valence-corrected chi connectivity index (χ0v) is 10.8. The van der Waals surface area contributed by atoms with E-state index in [0.29, 0.717) is 12.3 Å². The quantitative estimate of drug-likeness (QED) is 0.618. The SMILES string of the molecule is C=CCn1cnc2oc(C)c(C(=O)OCC)c2c1=O. The van der Waals surface area contributed by atoms with Crippen LogP contribution in [0.2, 0.25) is 0 Å². The highest BCUT2D eigenvalue weighted by molar-refractivity contribution is 6.03. The van der Waals surface area contributed by atoms with E-state index in [9.17, 15) is 9.59 Å². The van der Waals surface area contributed by atoms with E-state index in [1.807, 2.05) is 0 Å². The zero-order valence-electron chi connectivity index (χ0n) is 10.8. The van der Waals surface area contributed by atoms with Crippen molar-refractivity contribution in [3.8, 4) is 0 Å². The summed E-state index contributed by atoms with van der Waals surface area (Å²) in [5.41, 5.74) is -0.0524. The Balaban J connectivity index is 2.72. The molecule has 0 aromatic carbocycles. The number of esters is 1. The fraction of sp³-hybridized carbons (Fsp3) is 0.308. The number of carbonyl (C=O) groups excluding carboxylic acids is 1. The highest BCUT2D eigenvalue weighted by atomic mass is 16.5. The summed E-state index contributed by atoms with van der Waals surface area (Å²) in [5, 5.41) is 0.153. The molecule has 0 spiro atoms. The highest BCUT2D eigenvalue weighted by Crippen LogP contribution is 2.21.